The van der Waals surface area contributed by atoms with Crippen LogP contribution in [0.3, 0.4) is 0 Å². The van der Waals surface area contributed by atoms with Gasteiger partial charge in [-0.15, -0.1) is 11.3 Å². The summed E-state index contributed by atoms with van der Waals surface area (Å²) < 4.78 is 5.36. The molecule has 5 nitrogen and oxygen atoms in total. The number of likely N-dealkylation sites (N-methyl/N-ethyl adjacent to an activating group) is 1. The van der Waals surface area contributed by atoms with Crippen molar-refractivity contribution in [1.29, 1.82) is 0 Å². The first-order chi connectivity index (χ1) is 14.2. The van der Waals surface area contributed by atoms with Crippen molar-refractivity contribution < 1.29 is 14.3 Å². The number of carbonyl (C=O) groups excluding carboxylic acids is 2. The number of benzene rings is 1. The Morgan fingerprint density at radius 1 is 1.21 bits per heavy atom. The molecular formula is C23H22N2O3S. The fourth-order valence-electron chi connectivity index (χ4n) is 3.70. The van der Waals surface area contributed by atoms with Gasteiger partial charge in [0.05, 0.1) is 16.8 Å². The van der Waals surface area contributed by atoms with Crippen LogP contribution >= 0.6 is 11.3 Å². The quantitative estimate of drug-likeness (QED) is 0.635. The molecule has 2 heterocycles. The predicted molar refractivity (Wildman–Crippen MR) is 116 cm³/mol. The Morgan fingerprint density at radius 3 is 2.86 bits per heavy atom. The molecule has 4 rings (SSSR count). The summed E-state index contributed by atoms with van der Waals surface area (Å²) in [4.78, 5) is 30.8. The lowest BCUT2D eigenvalue weighted by Crippen LogP contribution is -2.28. The Balaban J connectivity index is 1.79. The second kappa shape index (κ2) is 8.57. The number of allylic oxidation sites excluding steroid dienone is 1. The third-order valence-corrected chi connectivity index (χ3v) is 5.76. The Bertz CT molecular complexity index is 1090. The van der Waals surface area contributed by atoms with Gasteiger partial charge in [-0.3, -0.25) is 4.79 Å². The zero-order chi connectivity index (χ0) is 20.2. The van der Waals surface area contributed by atoms with Gasteiger partial charge in [-0.25, -0.2) is 9.78 Å². The Labute approximate surface area is 173 Å². The number of pyridine rings is 1. The summed E-state index contributed by atoms with van der Waals surface area (Å²) in [6, 6.07) is 11.7. The van der Waals surface area contributed by atoms with Crippen LogP contribution in [0.25, 0.3) is 22.6 Å². The van der Waals surface area contributed by atoms with Gasteiger partial charge in [0.25, 0.3) is 5.91 Å². The maximum absolute atomic E-state index is 13.0. The van der Waals surface area contributed by atoms with Crippen molar-refractivity contribution >= 4 is 45.8 Å². The summed E-state index contributed by atoms with van der Waals surface area (Å²) in [5, 5.41) is 5.46. The molecule has 1 aromatic carbocycles. The van der Waals surface area contributed by atoms with Gasteiger partial charge in [0.1, 0.15) is 0 Å². The Kier molecular flexibility index (Phi) is 5.71. The van der Waals surface area contributed by atoms with E-state index in [9.17, 15) is 9.59 Å². The van der Waals surface area contributed by atoms with Gasteiger partial charge in [0, 0.05) is 16.8 Å². The normalized spacial score (nSPS) is 14.6. The molecule has 0 radical (unpaired) electrons. The van der Waals surface area contributed by atoms with Crippen LogP contribution in [0.2, 0.25) is 0 Å². The summed E-state index contributed by atoms with van der Waals surface area (Å²) >= 11 is 1.68. The standard InChI is InChI=1S/C23H22N2O3S/c1-2-24-20(26)14-28-23(27)21-17-9-3-4-11-19(17)25-22-15(7-5-10-18(21)22)13-16-8-6-12-29-16/h3-4,6,8-9,11-13H,2,5,7,10,14H2,1H3,(H,24,26)/b15-13+. The lowest BCUT2D eigenvalue weighted by molar-refractivity contribution is -0.124. The van der Waals surface area contributed by atoms with Crippen LogP contribution in [0.15, 0.2) is 41.8 Å². The number of fused-ring (bicyclic) bond motifs is 2. The van der Waals surface area contributed by atoms with Crippen molar-refractivity contribution in [2.75, 3.05) is 13.2 Å². The van der Waals surface area contributed by atoms with E-state index in [-0.39, 0.29) is 12.5 Å². The van der Waals surface area contributed by atoms with E-state index in [4.69, 9.17) is 9.72 Å². The average molecular weight is 407 g/mol. The van der Waals surface area contributed by atoms with Crippen molar-refractivity contribution in [2.24, 2.45) is 0 Å². The molecule has 0 saturated heterocycles. The number of aromatic nitrogens is 1. The number of nitrogens with zero attached hydrogens (tertiary/aromatic N) is 1. The van der Waals surface area contributed by atoms with E-state index in [0.29, 0.717) is 12.1 Å². The highest BCUT2D eigenvalue weighted by Gasteiger charge is 2.26. The number of para-hydroxylation sites is 1. The number of esters is 1. The van der Waals surface area contributed by atoms with Crippen molar-refractivity contribution in [3.05, 3.63) is 63.5 Å². The number of hydrogen-bond acceptors (Lipinski definition) is 5. The zero-order valence-corrected chi connectivity index (χ0v) is 17.1. The topological polar surface area (TPSA) is 68.3 Å². The lowest BCUT2D eigenvalue weighted by atomic mass is 9.86. The van der Waals surface area contributed by atoms with E-state index < -0.39 is 5.97 Å². The maximum Gasteiger partial charge on any atom is 0.339 e. The first kappa shape index (κ1) is 19.3. The van der Waals surface area contributed by atoms with Gasteiger partial charge >= 0.3 is 5.97 Å². The van der Waals surface area contributed by atoms with E-state index in [1.165, 1.54) is 4.88 Å². The number of amides is 1. The van der Waals surface area contributed by atoms with Gasteiger partial charge in [0.2, 0.25) is 0 Å². The molecule has 2 aromatic heterocycles. The third-order valence-electron chi connectivity index (χ3n) is 4.94. The zero-order valence-electron chi connectivity index (χ0n) is 16.2. The number of rotatable bonds is 5. The van der Waals surface area contributed by atoms with E-state index in [1.807, 2.05) is 42.6 Å². The minimum Gasteiger partial charge on any atom is -0.452 e. The highest BCUT2D eigenvalue weighted by atomic mass is 32.1. The molecule has 0 atom stereocenters. The van der Waals surface area contributed by atoms with Crippen LogP contribution < -0.4 is 5.32 Å². The summed E-state index contributed by atoms with van der Waals surface area (Å²) in [6.07, 6.45) is 4.79. The van der Waals surface area contributed by atoms with Crippen LogP contribution in [-0.4, -0.2) is 30.0 Å². The fraction of sp³-hybridized carbons (Fsp3) is 0.261. The van der Waals surface area contributed by atoms with Crippen LogP contribution in [0.1, 0.15) is 46.3 Å². The minimum absolute atomic E-state index is 0.282. The Morgan fingerprint density at radius 2 is 2.07 bits per heavy atom. The highest BCUT2D eigenvalue weighted by molar-refractivity contribution is 7.10. The summed E-state index contributed by atoms with van der Waals surface area (Å²) in [5.41, 5.74) is 4.21. The Hall–Kier alpha value is -2.99. The molecule has 0 unspecified atom stereocenters. The van der Waals surface area contributed by atoms with Crippen molar-refractivity contribution in [1.82, 2.24) is 10.3 Å². The van der Waals surface area contributed by atoms with Crippen molar-refractivity contribution in [2.45, 2.75) is 26.2 Å². The first-order valence-electron chi connectivity index (χ1n) is 9.77. The molecule has 1 aliphatic rings. The summed E-state index contributed by atoms with van der Waals surface area (Å²) in [5.74, 6) is -0.769. The number of thiophene rings is 1. The largest absolute Gasteiger partial charge is 0.452 e. The van der Waals surface area contributed by atoms with Crippen LogP contribution in [-0.2, 0) is 16.0 Å². The molecule has 0 aliphatic heterocycles. The number of ether oxygens (including phenoxy) is 1. The average Bonchev–Trinajstić information content (AvgIpc) is 3.24. The lowest BCUT2D eigenvalue weighted by Gasteiger charge is -2.22. The fourth-order valence-corrected chi connectivity index (χ4v) is 4.39. The van der Waals surface area contributed by atoms with Gasteiger partial charge in [-0.1, -0.05) is 24.3 Å². The maximum atomic E-state index is 13.0. The van der Waals surface area contributed by atoms with Crippen LogP contribution in [0.5, 0.6) is 0 Å². The molecule has 1 N–H and O–H groups in total. The van der Waals surface area contributed by atoms with Gasteiger partial charge in [-0.05, 0) is 60.9 Å². The van der Waals surface area contributed by atoms with Gasteiger partial charge in [-0.2, -0.15) is 0 Å². The molecule has 1 aliphatic carbocycles. The monoisotopic (exact) mass is 406 g/mol. The summed E-state index contributed by atoms with van der Waals surface area (Å²) in [6.45, 7) is 2.05. The highest BCUT2D eigenvalue weighted by Crippen LogP contribution is 2.36. The molecule has 1 amide bonds. The van der Waals surface area contributed by atoms with Crippen LogP contribution in [0, 0.1) is 0 Å². The number of carbonyl (C=O) groups is 2. The molecule has 6 heteroatoms. The van der Waals surface area contributed by atoms with Gasteiger partial charge in [0.15, 0.2) is 6.61 Å². The molecule has 3 aromatic rings. The summed E-state index contributed by atoms with van der Waals surface area (Å²) in [7, 11) is 0. The first-order valence-corrected chi connectivity index (χ1v) is 10.6. The van der Waals surface area contributed by atoms with Gasteiger partial charge < -0.3 is 10.1 Å². The van der Waals surface area contributed by atoms with E-state index >= 15 is 0 Å². The second-order valence-electron chi connectivity index (χ2n) is 6.90. The molecule has 0 saturated carbocycles. The molecule has 0 bridgehead atoms. The number of hydrogen-bond donors (Lipinski definition) is 1. The molecule has 0 fully saturated rings. The molecule has 29 heavy (non-hydrogen) atoms. The second-order valence-corrected chi connectivity index (χ2v) is 7.88. The smallest absolute Gasteiger partial charge is 0.339 e. The van der Waals surface area contributed by atoms with Crippen molar-refractivity contribution in [3.8, 4) is 0 Å². The van der Waals surface area contributed by atoms with E-state index in [1.54, 1.807) is 11.3 Å². The minimum atomic E-state index is -0.469. The molecule has 148 valence electrons. The van der Waals surface area contributed by atoms with E-state index in [0.717, 1.165) is 47.0 Å². The predicted octanol–water partition coefficient (Wildman–Crippen LogP) is 4.47. The molecule has 0 spiro atoms. The van der Waals surface area contributed by atoms with Crippen molar-refractivity contribution in [3.63, 3.8) is 0 Å². The van der Waals surface area contributed by atoms with E-state index in [2.05, 4.69) is 17.5 Å². The molecular weight excluding hydrogens is 384 g/mol. The third kappa shape index (κ3) is 4.07. The SMILES string of the molecule is CCNC(=O)COC(=O)c1c2c(nc3ccccc13)/C(=C/c1cccs1)CCC2. The van der Waals surface area contributed by atoms with Crippen LogP contribution in [0.4, 0.5) is 0 Å². The number of nitrogens with one attached hydrogen (secondary N) is 1.